The van der Waals surface area contributed by atoms with Gasteiger partial charge in [0.05, 0.1) is 10.6 Å². The molecule has 0 aliphatic rings. The Morgan fingerprint density at radius 3 is 2.52 bits per heavy atom. The van der Waals surface area contributed by atoms with Gasteiger partial charge in [-0.3, -0.25) is 14.9 Å². The quantitative estimate of drug-likeness (QED) is 0.467. The molecule has 0 unspecified atom stereocenters. The summed E-state index contributed by atoms with van der Waals surface area (Å²) in [6.07, 6.45) is -4.64. The van der Waals surface area contributed by atoms with Gasteiger partial charge in [0.25, 0.3) is 5.69 Å². The summed E-state index contributed by atoms with van der Waals surface area (Å²) in [7, 11) is 0. The summed E-state index contributed by atoms with van der Waals surface area (Å²) in [5.74, 6) is -1.72. The molecule has 1 N–H and O–H groups in total. The first-order valence-electron chi connectivity index (χ1n) is 5.76. The number of carbonyl (C=O) groups is 1. The minimum Gasteiger partial charge on any atom is -0.433 e. The predicted molar refractivity (Wildman–Crippen MR) is 65.2 cm³/mol. The lowest BCUT2D eigenvalue weighted by Crippen LogP contribution is -2.24. The van der Waals surface area contributed by atoms with Crippen LogP contribution in [0.5, 0.6) is 5.75 Å². The molecule has 12 heteroatoms. The van der Waals surface area contributed by atoms with Gasteiger partial charge in [0.2, 0.25) is 5.91 Å². The van der Waals surface area contributed by atoms with Crippen molar-refractivity contribution < 1.29 is 41.1 Å². The Morgan fingerprint density at radius 2 is 2.00 bits per heavy atom. The molecule has 1 amide bonds. The second-order valence-electron chi connectivity index (χ2n) is 3.97. The van der Waals surface area contributed by atoms with Crippen molar-refractivity contribution in [1.82, 2.24) is 0 Å². The van der Waals surface area contributed by atoms with E-state index < -0.39 is 54.0 Å². The van der Waals surface area contributed by atoms with E-state index >= 15 is 0 Å². The minimum atomic E-state index is -4.64. The van der Waals surface area contributed by atoms with E-state index in [-0.39, 0.29) is 0 Å². The Balaban J connectivity index is 2.80. The van der Waals surface area contributed by atoms with Crippen LogP contribution in [0.1, 0.15) is 0 Å². The van der Waals surface area contributed by atoms with Crippen molar-refractivity contribution in [2.75, 3.05) is 18.5 Å². The third-order valence-corrected chi connectivity index (χ3v) is 2.16. The SMILES string of the molecule is O=C(COCC(F)(F)F)Nc1cc([N+](=O)[O-])ccc1OC(F)F. The zero-order valence-electron chi connectivity index (χ0n) is 11.1. The number of non-ortho nitro benzene ring substituents is 1. The Kier molecular flexibility index (Phi) is 6.18. The summed E-state index contributed by atoms with van der Waals surface area (Å²) >= 11 is 0. The van der Waals surface area contributed by atoms with Crippen molar-refractivity contribution in [3.63, 3.8) is 0 Å². The summed E-state index contributed by atoms with van der Waals surface area (Å²) in [4.78, 5) is 21.2. The fraction of sp³-hybridized carbons (Fsp3) is 0.364. The average Bonchev–Trinajstić information content (AvgIpc) is 2.38. The molecule has 0 heterocycles. The number of nitro groups is 1. The molecular formula is C11H9F5N2O5. The fourth-order valence-electron chi connectivity index (χ4n) is 1.37. The van der Waals surface area contributed by atoms with Crippen LogP contribution in [0.3, 0.4) is 0 Å². The van der Waals surface area contributed by atoms with E-state index in [9.17, 15) is 36.9 Å². The smallest absolute Gasteiger partial charge is 0.411 e. The van der Waals surface area contributed by atoms with Gasteiger partial charge in [0.1, 0.15) is 19.0 Å². The third kappa shape index (κ3) is 6.86. The van der Waals surface area contributed by atoms with Gasteiger partial charge in [-0.15, -0.1) is 0 Å². The van der Waals surface area contributed by atoms with Gasteiger partial charge >= 0.3 is 12.8 Å². The summed E-state index contributed by atoms with van der Waals surface area (Å²) in [5, 5.41) is 12.5. The van der Waals surface area contributed by atoms with Crippen LogP contribution in [-0.4, -0.2) is 36.8 Å². The van der Waals surface area contributed by atoms with Gasteiger partial charge < -0.3 is 14.8 Å². The normalized spacial score (nSPS) is 11.4. The molecule has 0 saturated carbocycles. The summed E-state index contributed by atoms with van der Waals surface area (Å²) in [5.41, 5.74) is -1.04. The summed E-state index contributed by atoms with van der Waals surface area (Å²) in [6.45, 7) is -5.99. The highest BCUT2D eigenvalue weighted by molar-refractivity contribution is 5.93. The lowest BCUT2D eigenvalue weighted by Gasteiger charge is -2.12. The fourth-order valence-corrected chi connectivity index (χ4v) is 1.37. The molecule has 23 heavy (non-hydrogen) atoms. The van der Waals surface area contributed by atoms with E-state index in [1.165, 1.54) is 0 Å². The number of ether oxygens (including phenoxy) is 2. The zero-order chi connectivity index (χ0) is 17.6. The Bertz CT molecular complexity index is 578. The highest BCUT2D eigenvalue weighted by Gasteiger charge is 2.28. The van der Waals surface area contributed by atoms with Crippen LogP contribution in [0.2, 0.25) is 0 Å². The number of hydrogen-bond acceptors (Lipinski definition) is 5. The van der Waals surface area contributed by atoms with Gasteiger partial charge in [0, 0.05) is 12.1 Å². The number of nitro benzene ring substituents is 1. The van der Waals surface area contributed by atoms with E-state index in [1.54, 1.807) is 0 Å². The second-order valence-corrected chi connectivity index (χ2v) is 3.97. The van der Waals surface area contributed by atoms with E-state index in [0.717, 1.165) is 18.2 Å². The number of nitrogens with zero attached hydrogens (tertiary/aromatic N) is 1. The molecule has 0 aromatic heterocycles. The molecule has 1 aromatic carbocycles. The Morgan fingerprint density at radius 1 is 1.35 bits per heavy atom. The maximum Gasteiger partial charge on any atom is 0.411 e. The van der Waals surface area contributed by atoms with Gasteiger partial charge in [-0.05, 0) is 6.07 Å². The van der Waals surface area contributed by atoms with Crippen molar-refractivity contribution >= 4 is 17.3 Å². The summed E-state index contributed by atoms with van der Waals surface area (Å²) in [6, 6.07) is 2.39. The largest absolute Gasteiger partial charge is 0.433 e. The third-order valence-electron chi connectivity index (χ3n) is 2.16. The van der Waals surface area contributed by atoms with Crippen LogP contribution in [0, 0.1) is 10.1 Å². The van der Waals surface area contributed by atoms with Crippen LogP contribution in [0.4, 0.5) is 33.3 Å². The average molecular weight is 344 g/mol. The van der Waals surface area contributed by atoms with Crippen molar-refractivity contribution in [2.45, 2.75) is 12.8 Å². The van der Waals surface area contributed by atoms with Gasteiger partial charge in [-0.2, -0.15) is 22.0 Å². The minimum absolute atomic E-state index is 0.500. The number of nitrogens with one attached hydrogen (secondary N) is 1. The molecule has 0 saturated heterocycles. The van der Waals surface area contributed by atoms with Gasteiger partial charge in [-0.25, -0.2) is 0 Å². The second kappa shape index (κ2) is 7.67. The first-order valence-corrected chi connectivity index (χ1v) is 5.76. The number of rotatable bonds is 7. The number of benzene rings is 1. The highest BCUT2D eigenvalue weighted by atomic mass is 19.4. The number of amides is 1. The van der Waals surface area contributed by atoms with Gasteiger partial charge in [0.15, 0.2) is 0 Å². The first-order chi connectivity index (χ1) is 10.6. The Labute approximate surface area is 125 Å². The highest BCUT2D eigenvalue weighted by Crippen LogP contribution is 2.30. The lowest BCUT2D eigenvalue weighted by atomic mass is 10.2. The van der Waals surface area contributed by atoms with Crippen LogP contribution >= 0.6 is 0 Å². The molecule has 0 bridgehead atoms. The summed E-state index contributed by atoms with van der Waals surface area (Å²) < 4.78 is 68.1. The Hall–Kier alpha value is -2.50. The molecule has 128 valence electrons. The van der Waals surface area contributed by atoms with Gasteiger partial charge in [-0.1, -0.05) is 0 Å². The monoisotopic (exact) mass is 344 g/mol. The zero-order valence-corrected chi connectivity index (χ0v) is 11.1. The standard InChI is InChI=1S/C11H9F5N2O5/c12-10(13)23-8-2-1-6(18(20)21)3-7(8)17-9(19)4-22-5-11(14,15)16/h1-3,10H,4-5H2,(H,17,19). The number of hydrogen-bond donors (Lipinski definition) is 1. The number of carbonyl (C=O) groups excluding carboxylic acids is 1. The van der Waals surface area contributed by atoms with E-state index in [1.807, 2.05) is 5.32 Å². The molecule has 1 rings (SSSR count). The van der Waals surface area contributed by atoms with E-state index in [0.29, 0.717) is 0 Å². The molecule has 0 atom stereocenters. The van der Waals surface area contributed by atoms with Crippen LogP contribution in [0.25, 0.3) is 0 Å². The molecule has 1 aromatic rings. The molecule has 0 radical (unpaired) electrons. The maximum atomic E-state index is 12.2. The first kappa shape index (κ1) is 18.5. The van der Waals surface area contributed by atoms with Crippen LogP contribution in [-0.2, 0) is 9.53 Å². The molecule has 7 nitrogen and oxygen atoms in total. The predicted octanol–water partition coefficient (Wildman–Crippen LogP) is 2.71. The van der Waals surface area contributed by atoms with Crippen molar-refractivity contribution in [3.05, 3.63) is 28.3 Å². The van der Waals surface area contributed by atoms with Crippen molar-refractivity contribution in [3.8, 4) is 5.75 Å². The molecule has 0 aliphatic carbocycles. The molecule has 0 fully saturated rings. The number of halogens is 5. The van der Waals surface area contributed by atoms with Crippen LogP contribution < -0.4 is 10.1 Å². The van der Waals surface area contributed by atoms with Crippen molar-refractivity contribution in [2.24, 2.45) is 0 Å². The van der Waals surface area contributed by atoms with Crippen LogP contribution in [0.15, 0.2) is 18.2 Å². The van der Waals surface area contributed by atoms with E-state index in [2.05, 4.69) is 9.47 Å². The molecule has 0 spiro atoms. The van der Waals surface area contributed by atoms with Crippen molar-refractivity contribution in [1.29, 1.82) is 0 Å². The molecule has 0 aliphatic heterocycles. The number of anilines is 1. The molecular weight excluding hydrogens is 335 g/mol. The maximum absolute atomic E-state index is 12.2. The topological polar surface area (TPSA) is 90.7 Å². The van der Waals surface area contributed by atoms with E-state index in [4.69, 9.17) is 0 Å². The number of alkyl halides is 5. The lowest BCUT2D eigenvalue weighted by molar-refractivity contribution is -0.384.